The zero-order valence-electron chi connectivity index (χ0n) is 38.5. The van der Waals surface area contributed by atoms with E-state index < -0.39 is 8.07 Å². The summed E-state index contributed by atoms with van der Waals surface area (Å²) in [6.07, 6.45) is 0. The highest BCUT2D eigenvalue weighted by Crippen LogP contribution is 2.44. The van der Waals surface area contributed by atoms with Crippen LogP contribution in [0.2, 0.25) is 19.6 Å². The number of anilines is 6. The smallest absolute Gasteiger partial charge is 0.136 e. The molecule has 0 unspecified atom stereocenters. The molecule has 2 heterocycles. The van der Waals surface area contributed by atoms with Crippen LogP contribution in [0.5, 0.6) is 0 Å². The molecule has 0 radical (unpaired) electrons. The Balaban J connectivity index is 1.01. The molecule has 0 saturated heterocycles. The first-order valence-corrected chi connectivity index (χ1v) is 26.5. The molecule has 9 aromatic carbocycles. The van der Waals surface area contributed by atoms with E-state index in [0.717, 1.165) is 99.5 Å². The largest absolute Gasteiger partial charge is 0.456 e. The lowest BCUT2D eigenvalue weighted by atomic mass is 10.00. The minimum absolute atomic E-state index is 0.467. The Bertz CT molecular complexity index is 3570. The van der Waals surface area contributed by atoms with Gasteiger partial charge in [-0.05, 0) is 161 Å². The molecule has 65 heavy (non-hydrogen) atoms. The van der Waals surface area contributed by atoms with Gasteiger partial charge in [0.15, 0.2) is 0 Å². The summed E-state index contributed by atoms with van der Waals surface area (Å²) in [6.45, 7) is 18.3. The van der Waals surface area contributed by atoms with Crippen LogP contribution in [0.3, 0.4) is 0 Å². The molecule has 0 aliphatic heterocycles. The van der Waals surface area contributed by atoms with E-state index >= 15 is 0 Å². The molecule has 0 aliphatic rings. The zero-order valence-corrected chi connectivity index (χ0v) is 39.5. The van der Waals surface area contributed by atoms with Gasteiger partial charge >= 0.3 is 0 Å². The summed E-state index contributed by atoms with van der Waals surface area (Å²) in [5.41, 5.74) is 14.1. The van der Waals surface area contributed by atoms with E-state index in [-0.39, 0.29) is 0 Å². The molecule has 2 aromatic heterocycles. The molecule has 0 amide bonds. The maximum atomic E-state index is 6.72. The fraction of sp³-hybridized carbons (Fsp3) is 0.167. The van der Waals surface area contributed by atoms with Crippen molar-refractivity contribution in [3.05, 3.63) is 187 Å². The average molecular weight is 863 g/mol. The Morgan fingerprint density at radius 2 is 0.738 bits per heavy atom. The van der Waals surface area contributed by atoms with Gasteiger partial charge in [0.05, 0.1) is 8.07 Å². The van der Waals surface area contributed by atoms with Crippen molar-refractivity contribution in [1.29, 1.82) is 0 Å². The maximum absolute atomic E-state index is 6.72. The highest BCUT2D eigenvalue weighted by atomic mass is 28.3. The van der Waals surface area contributed by atoms with Crippen LogP contribution in [0.1, 0.15) is 56.2 Å². The Morgan fingerprint density at radius 3 is 1.12 bits per heavy atom. The van der Waals surface area contributed by atoms with Crippen LogP contribution in [0.4, 0.5) is 34.1 Å². The van der Waals surface area contributed by atoms with Crippen molar-refractivity contribution in [2.75, 3.05) is 9.80 Å². The number of hydrogen-bond acceptors (Lipinski definition) is 4. The van der Waals surface area contributed by atoms with Crippen molar-refractivity contribution in [2.24, 2.45) is 0 Å². The van der Waals surface area contributed by atoms with Gasteiger partial charge in [0.2, 0.25) is 0 Å². The molecule has 5 heteroatoms. The number of hydrogen-bond donors (Lipinski definition) is 0. The Morgan fingerprint density at radius 1 is 0.369 bits per heavy atom. The normalized spacial score (nSPS) is 12.3. The van der Waals surface area contributed by atoms with Gasteiger partial charge in [0.1, 0.15) is 22.3 Å². The van der Waals surface area contributed by atoms with E-state index in [1.165, 1.54) is 21.9 Å². The molecular weight excluding hydrogens is 809 g/mol. The standard InChI is InChI=1S/C60H54N2O2Si/c1-37(2)40-11-19-47(20-12-40)61(46-17-9-39(5)10-18-46)50-23-15-42-33-53-57(35-44(42)31-50)63-55-29-30-56-60(59(53)55)54-34-43-16-24-51(32-45(43)36-58(54)64-56)62(48-21-13-41(14-22-48)38(3)4)49-25-27-52(28-26-49)65(6,7)8/h9-38H,1-8H3. The van der Waals surface area contributed by atoms with Crippen LogP contribution in [-0.2, 0) is 0 Å². The molecule has 0 bridgehead atoms. The van der Waals surface area contributed by atoms with Crippen LogP contribution in [-0.4, -0.2) is 8.07 Å². The van der Waals surface area contributed by atoms with Gasteiger partial charge in [0, 0.05) is 55.7 Å². The van der Waals surface area contributed by atoms with Gasteiger partial charge < -0.3 is 18.6 Å². The molecule has 0 atom stereocenters. The first kappa shape index (κ1) is 40.7. The Hall–Kier alpha value is -7.08. The third-order valence-electron chi connectivity index (χ3n) is 13.4. The highest BCUT2D eigenvalue weighted by Gasteiger charge is 2.22. The maximum Gasteiger partial charge on any atom is 0.136 e. The van der Waals surface area contributed by atoms with Crippen molar-refractivity contribution in [3.63, 3.8) is 0 Å². The Kier molecular flexibility index (Phi) is 9.74. The number of furan rings is 2. The topological polar surface area (TPSA) is 32.8 Å². The van der Waals surface area contributed by atoms with Crippen LogP contribution in [0, 0.1) is 6.92 Å². The third kappa shape index (κ3) is 7.25. The fourth-order valence-electron chi connectivity index (χ4n) is 9.59. The molecule has 320 valence electrons. The average Bonchev–Trinajstić information content (AvgIpc) is 3.85. The van der Waals surface area contributed by atoms with Gasteiger partial charge in [-0.3, -0.25) is 0 Å². The van der Waals surface area contributed by atoms with Gasteiger partial charge in [-0.2, -0.15) is 0 Å². The van der Waals surface area contributed by atoms with Gasteiger partial charge in [-0.15, -0.1) is 0 Å². The molecule has 0 spiro atoms. The second-order valence-electron chi connectivity index (χ2n) is 19.6. The quantitative estimate of drug-likeness (QED) is 0.135. The van der Waals surface area contributed by atoms with Crippen LogP contribution in [0.15, 0.2) is 179 Å². The third-order valence-corrected chi connectivity index (χ3v) is 15.5. The van der Waals surface area contributed by atoms with Gasteiger partial charge in [-0.1, -0.05) is 119 Å². The van der Waals surface area contributed by atoms with Crippen LogP contribution >= 0.6 is 0 Å². The molecular formula is C60H54N2O2Si. The summed E-state index contributed by atoms with van der Waals surface area (Å²) < 4.78 is 13.4. The summed E-state index contributed by atoms with van der Waals surface area (Å²) in [5.74, 6) is 0.936. The molecule has 0 aliphatic carbocycles. The van der Waals surface area contributed by atoms with Crippen LogP contribution < -0.4 is 15.0 Å². The summed E-state index contributed by atoms with van der Waals surface area (Å²) in [6, 6.07) is 62.7. The van der Waals surface area contributed by atoms with E-state index in [1.807, 2.05) is 0 Å². The lowest BCUT2D eigenvalue weighted by molar-refractivity contribution is 0.663. The van der Waals surface area contributed by atoms with Crippen molar-refractivity contribution in [3.8, 4) is 0 Å². The highest BCUT2D eigenvalue weighted by molar-refractivity contribution is 6.88. The summed E-state index contributed by atoms with van der Waals surface area (Å²) in [5, 5.41) is 10.4. The fourth-order valence-corrected chi connectivity index (χ4v) is 10.8. The minimum atomic E-state index is -1.46. The van der Waals surface area contributed by atoms with Crippen molar-refractivity contribution in [1.82, 2.24) is 0 Å². The van der Waals surface area contributed by atoms with E-state index in [4.69, 9.17) is 8.83 Å². The number of nitrogens with zero attached hydrogens (tertiary/aromatic N) is 2. The Labute approximate surface area is 382 Å². The van der Waals surface area contributed by atoms with E-state index in [9.17, 15) is 0 Å². The first-order chi connectivity index (χ1) is 31.4. The van der Waals surface area contributed by atoms with E-state index in [1.54, 1.807) is 0 Å². The lowest BCUT2D eigenvalue weighted by Gasteiger charge is -2.27. The monoisotopic (exact) mass is 862 g/mol. The van der Waals surface area contributed by atoms with Crippen molar-refractivity contribution >= 4 is 113 Å². The number of aryl methyl sites for hydroxylation is 1. The second-order valence-corrected chi connectivity index (χ2v) is 24.6. The SMILES string of the molecule is Cc1ccc(N(c2ccc(C(C)C)cc2)c2ccc3cc4c(cc3c2)oc2ccc3oc5cc6cc(N(c7ccc(C(C)C)cc7)c7ccc([Si](C)(C)C)cc7)ccc6cc5c3c24)cc1. The minimum Gasteiger partial charge on any atom is -0.456 e. The predicted molar refractivity (Wildman–Crippen MR) is 281 cm³/mol. The summed E-state index contributed by atoms with van der Waals surface area (Å²) in [4.78, 5) is 4.71. The summed E-state index contributed by atoms with van der Waals surface area (Å²) in [7, 11) is -1.46. The van der Waals surface area contributed by atoms with E-state index in [0.29, 0.717) is 11.8 Å². The number of rotatable bonds is 9. The van der Waals surface area contributed by atoms with Gasteiger partial charge in [0.25, 0.3) is 0 Å². The molecule has 0 saturated carbocycles. The number of fused-ring (bicyclic) bond motifs is 9. The molecule has 4 nitrogen and oxygen atoms in total. The van der Waals surface area contributed by atoms with Crippen LogP contribution in [0.25, 0.3) is 65.4 Å². The molecule has 11 aromatic rings. The van der Waals surface area contributed by atoms with E-state index in [2.05, 4.69) is 234 Å². The molecule has 0 fully saturated rings. The zero-order chi connectivity index (χ0) is 44.7. The molecule has 0 N–H and O–H groups in total. The van der Waals surface area contributed by atoms with Gasteiger partial charge in [-0.25, -0.2) is 0 Å². The second kappa shape index (κ2) is 15.6. The lowest BCUT2D eigenvalue weighted by Crippen LogP contribution is -2.37. The van der Waals surface area contributed by atoms with Crippen molar-refractivity contribution in [2.45, 2.75) is 66.1 Å². The molecule has 11 rings (SSSR count). The number of benzene rings is 9. The van der Waals surface area contributed by atoms with Crippen molar-refractivity contribution < 1.29 is 8.83 Å². The predicted octanol–water partition coefficient (Wildman–Crippen LogP) is 17.8. The summed E-state index contributed by atoms with van der Waals surface area (Å²) >= 11 is 0. The first-order valence-electron chi connectivity index (χ1n) is 23.0.